The van der Waals surface area contributed by atoms with Gasteiger partial charge in [0.05, 0.1) is 0 Å². The number of Topliss-reactive ketones (excluding diaryl/α,β-unsaturated/α-hetero) is 1. The van der Waals surface area contributed by atoms with Crippen molar-refractivity contribution in [2.75, 3.05) is 0 Å². The lowest BCUT2D eigenvalue weighted by Crippen LogP contribution is -2.52. The third-order valence-corrected chi connectivity index (χ3v) is 8.62. The number of fused-ring (bicyclic) bond motifs is 5. The third kappa shape index (κ3) is 2.66. The van der Waals surface area contributed by atoms with Gasteiger partial charge < -0.3 is 4.74 Å². The lowest BCUT2D eigenvalue weighted by molar-refractivity contribution is -0.162. The number of hydrogen-bond donors (Lipinski definition) is 0. The summed E-state index contributed by atoms with van der Waals surface area (Å²) in [5, 5.41) is 0. The topological polar surface area (TPSA) is 60.4 Å². The molecule has 0 heterocycles. The van der Waals surface area contributed by atoms with E-state index < -0.39 is 0 Å². The molecule has 148 valence electrons. The fourth-order valence-electron chi connectivity index (χ4n) is 7.26. The molecule has 0 bridgehead atoms. The van der Waals surface area contributed by atoms with Gasteiger partial charge in [0, 0.05) is 18.3 Å². The molecule has 4 nitrogen and oxygen atoms in total. The summed E-state index contributed by atoms with van der Waals surface area (Å²) in [6.45, 7) is 8.63. The van der Waals surface area contributed by atoms with Gasteiger partial charge in [-0.2, -0.15) is 0 Å². The van der Waals surface area contributed by atoms with Crippen molar-refractivity contribution in [3.05, 3.63) is 11.6 Å². The number of allylic oxidation sites excluding steroid dienone is 1. The number of rotatable bonds is 2. The van der Waals surface area contributed by atoms with Gasteiger partial charge in [-0.3, -0.25) is 14.4 Å². The molecule has 0 aromatic rings. The highest BCUT2D eigenvalue weighted by molar-refractivity contribution is 6.42. The van der Waals surface area contributed by atoms with E-state index in [0.717, 1.165) is 32.1 Å². The maximum atomic E-state index is 12.2. The van der Waals surface area contributed by atoms with Gasteiger partial charge in [0.15, 0.2) is 0 Å². The van der Waals surface area contributed by atoms with Crippen LogP contribution in [0.1, 0.15) is 72.6 Å². The summed E-state index contributed by atoms with van der Waals surface area (Å²) >= 11 is 0. The van der Waals surface area contributed by atoms with Gasteiger partial charge in [0.25, 0.3) is 0 Å². The summed E-state index contributed by atoms with van der Waals surface area (Å²) in [4.78, 5) is 36.2. The number of ether oxygens (including phenoxy) is 1. The number of hydrogen-bond acceptors (Lipinski definition) is 4. The summed E-state index contributed by atoms with van der Waals surface area (Å²) in [5.41, 5.74) is 1.09. The van der Waals surface area contributed by atoms with Crippen LogP contribution in [0.5, 0.6) is 0 Å². The Labute approximate surface area is 162 Å². The van der Waals surface area contributed by atoms with E-state index in [1.807, 2.05) is 6.92 Å². The molecule has 0 N–H and O–H groups in total. The number of esters is 1. The SMILES string of the molecule is CCC(=O)OC1C(C)C[C@H]2[C@@H]3CCC4=CC(=O)C(=O)C[C@]4(C)[C@H]3CC[C@]12C. The maximum Gasteiger partial charge on any atom is 0.305 e. The van der Waals surface area contributed by atoms with Gasteiger partial charge in [-0.15, -0.1) is 0 Å². The van der Waals surface area contributed by atoms with E-state index in [0.29, 0.717) is 36.5 Å². The van der Waals surface area contributed by atoms with Crippen LogP contribution in [0.25, 0.3) is 0 Å². The largest absolute Gasteiger partial charge is 0.461 e. The van der Waals surface area contributed by atoms with Crippen molar-refractivity contribution in [2.24, 2.45) is 34.5 Å². The fraction of sp³-hybridized carbons (Fsp3) is 0.783. The van der Waals surface area contributed by atoms with Gasteiger partial charge in [0.2, 0.25) is 11.6 Å². The van der Waals surface area contributed by atoms with E-state index in [9.17, 15) is 14.4 Å². The van der Waals surface area contributed by atoms with E-state index >= 15 is 0 Å². The zero-order valence-corrected chi connectivity index (χ0v) is 17.0. The molecule has 4 aliphatic carbocycles. The Morgan fingerprint density at radius 1 is 1.22 bits per heavy atom. The van der Waals surface area contributed by atoms with E-state index in [1.54, 1.807) is 6.08 Å². The third-order valence-electron chi connectivity index (χ3n) is 8.62. The van der Waals surface area contributed by atoms with Crippen LogP contribution in [0.15, 0.2) is 11.6 Å². The Morgan fingerprint density at radius 2 is 1.96 bits per heavy atom. The number of carbonyl (C=O) groups excluding carboxylic acids is 3. The first-order valence-corrected chi connectivity index (χ1v) is 10.7. The molecule has 4 aliphatic rings. The molecule has 0 radical (unpaired) electrons. The highest BCUT2D eigenvalue weighted by atomic mass is 16.5. The molecule has 3 saturated carbocycles. The van der Waals surface area contributed by atoms with Crippen molar-refractivity contribution < 1.29 is 19.1 Å². The van der Waals surface area contributed by atoms with Crippen molar-refractivity contribution in [3.63, 3.8) is 0 Å². The smallest absolute Gasteiger partial charge is 0.305 e. The first kappa shape index (κ1) is 18.9. The van der Waals surface area contributed by atoms with Gasteiger partial charge in [0.1, 0.15) is 6.10 Å². The predicted octanol–water partition coefficient (Wildman–Crippen LogP) is 4.27. The van der Waals surface area contributed by atoms with Crippen LogP contribution in [-0.2, 0) is 19.1 Å². The summed E-state index contributed by atoms with van der Waals surface area (Å²) < 4.78 is 5.94. The Kier molecular flexibility index (Phi) is 4.40. The lowest BCUT2D eigenvalue weighted by Gasteiger charge is -2.57. The van der Waals surface area contributed by atoms with Crippen LogP contribution < -0.4 is 0 Å². The van der Waals surface area contributed by atoms with Crippen LogP contribution in [-0.4, -0.2) is 23.6 Å². The minimum atomic E-state index is -0.303. The van der Waals surface area contributed by atoms with Gasteiger partial charge >= 0.3 is 5.97 Å². The van der Waals surface area contributed by atoms with Crippen molar-refractivity contribution in [1.29, 1.82) is 0 Å². The highest BCUT2D eigenvalue weighted by Gasteiger charge is 2.62. The van der Waals surface area contributed by atoms with Crippen molar-refractivity contribution >= 4 is 17.5 Å². The van der Waals surface area contributed by atoms with E-state index in [-0.39, 0.29) is 34.5 Å². The molecule has 0 amide bonds. The molecule has 0 spiro atoms. The zero-order chi connectivity index (χ0) is 19.6. The zero-order valence-electron chi connectivity index (χ0n) is 17.0. The Bertz CT molecular complexity index is 722. The predicted molar refractivity (Wildman–Crippen MR) is 102 cm³/mol. The Morgan fingerprint density at radius 3 is 2.67 bits per heavy atom. The number of carbonyl (C=O) groups is 3. The van der Waals surface area contributed by atoms with Crippen LogP contribution in [0.3, 0.4) is 0 Å². The monoisotopic (exact) mass is 372 g/mol. The average molecular weight is 373 g/mol. The fourth-order valence-corrected chi connectivity index (χ4v) is 7.26. The normalized spacial score (nSPS) is 46.2. The average Bonchev–Trinajstić information content (AvgIpc) is 2.87. The molecule has 0 aromatic carbocycles. The van der Waals surface area contributed by atoms with Crippen LogP contribution >= 0.6 is 0 Å². The molecule has 4 heteroatoms. The summed E-state index contributed by atoms with van der Waals surface area (Å²) in [7, 11) is 0. The second-order valence-corrected chi connectivity index (χ2v) is 9.99. The Balaban J connectivity index is 1.64. The second kappa shape index (κ2) is 6.28. The maximum absolute atomic E-state index is 12.2. The highest BCUT2D eigenvalue weighted by Crippen LogP contribution is 2.66. The molecule has 0 aromatic heterocycles. The summed E-state index contributed by atoms with van der Waals surface area (Å²) in [6.07, 6.45) is 7.68. The van der Waals surface area contributed by atoms with Crippen molar-refractivity contribution in [3.8, 4) is 0 Å². The van der Waals surface area contributed by atoms with Crippen molar-refractivity contribution in [1.82, 2.24) is 0 Å². The molecule has 2 unspecified atom stereocenters. The first-order valence-electron chi connectivity index (χ1n) is 10.7. The van der Waals surface area contributed by atoms with Crippen LogP contribution in [0.2, 0.25) is 0 Å². The summed E-state index contributed by atoms with van der Waals surface area (Å²) in [6, 6.07) is 0. The molecular weight excluding hydrogens is 340 g/mol. The molecule has 0 saturated heterocycles. The molecule has 4 rings (SSSR count). The lowest BCUT2D eigenvalue weighted by atomic mass is 9.47. The van der Waals surface area contributed by atoms with Gasteiger partial charge in [-0.05, 0) is 67.3 Å². The van der Waals surface area contributed by atoms with Gasteiger partial charge in [-0.25, -0.2) is 0 Å². The van der Waals surface area contributed by atoms with Crippen LogP contribution in [0, 0.1) is 34.5 Å². The minimum Gasteiger partial charge on any atom is -0.461 e. The quantitative estimate of drug-likeness (QED) is 0.537. The Hall–Kier alpha value is -1.45. The van der Waals surface area contributed by atoms with E-state index in [4.69, 9.17) is 4.74 Å². The minimum absolute atomic E-state index is 0.00945. The molecule has 27 heavy (non-hydrogen) atoms. The first-order chi connectivity index (χ1) is 12.7. The van der Waals surface area contributed by atoms with E-state index in [2.05, 4.69) is 20.8 Å². The van der Waals surface area contributed by atoms with Gasteiger partial charge in [-0.1, -0.05) is 33.3 Å². The second-order valence-electron chi connectivity index (χ2n) is 9.99. The standard InChI is InChI=1S/C23H32O4/c1-5-20(26)27-21-13(2)10-17-15-7-6-14-11-18(24)19(25)12-23(14,4)16(15)8-9-22(17,21)3/h11,13,15-17,21H,5-10,12H2,1-4H3/t13?,15-,16+,17+,21?,22+,23+/m1/s1. The molecule has 3 fully saturated rings. The number of ketones is 2. The molecule has 7 atom stereocenters. The summed E-state index contributed by atoms with van der Waals surface area (Å²) in [5.74, 6) is 1.32. The molecular formula is C23H32O4. The van der Waals surface area contributed by atoms with E-state index in [1.165, 1.54) is 5.57 Å². The molecule has 0 aliphatic heterocycles. The van der Waals surface area contributed by atoms with Crippen molar-refractivity contribution in [2.45, 2.75) is 78.7 Å². The van der Waals surface area contributed by atoms with Crippen LogP contribution in [0.4, 0.5) is 0 Å².